The second-order valence-electron chi connectivity index (χ2n) is 14.1. The molecule has 1 aromatic heterocycles. The van der Waals surface area contributed by atoms with E-state index in [2.05, 4.69) is 26.6 Å². The Morgan fingerprint density at radius 2 is 1.70 bits per heavy atom. The fraction of sp³-hybridized carbons (Fsp3) is 0.333. The Labute approximate surface area is 304 Å². The minimum absolute atomic E-state index is 0.0152. The quantitative estimate of drug-likeness (QED) is 0.136. The van der Waals surface area contributed by atoms with Crippen molar-refractivity contribution in [2.45, 2.75) is 56.3 Å². The number of hydrogen-bond acceptors (Lipinski definition) is 7. The number of nitrogens with two attached hydrogens (primary N) is 1. The molecular formula is C39H40FN7O6. The molecule has 3 aliphatic rings. The van der Waals surface area contributed by atoms with Gasteiger partial charge in [0.1, 0.15) is 23.9 Å². The number of benzene rings is 3. The first kappa shape index (κ1) is 35.5. The van der Waals surface area contributed by atoms with E-state index in [1.165, 1.54) is 59.0 Å². The number of nitro benzene ring substituents is 1. The Hall–Kier alpha value is -5.89. The van der Waals surface area contributed by atoms with Crippen molar-refractivity contribution in [3.63, 3.8) is 0 Å². The second kappa shape index (κ2) is 14.6. The van der Waals surface area contributed by atoms with Crippen LogP contribution in [0.1, 0.15) is 35.1 Å². The number of likely N-dealkylation sites (tertiary alicyclic amines) is 1. The monoisotopic (exact) mass is 721 g/mol. The molecule has 0 unspecified atom stereocenters. The van der Waals surface area contributed by atoms with Crippen molar-refractivity contribution in [3.8, 4) is 0 Å². The topological polar surface area (TPSA) is 184 Å². The van der Waals surface area contributed by atoms with Crippen molar-refractivity contribution in [3.05, 3.63) is 117 Å². The lowest BCUT2D eigenvalue weighted by Crippen LogP contribution is -2.58. The average Bonchev–Trinajstić information content (AvgIpc) is 3.81. The van der Waals surface area contributed by atoms with Gasteiger partial charge in [0.2, 0.25) is 23.6 Å². The van der Waals surface area contributed by atoms with Gasteiger partial charge in [-0.3, -0.25) is 34.2 Å². The highest BCUT2D eigenvalue weighted by atomic mass is 19.1. The summed E-state index contributed by atoms with van der Waals surface area (Å²) in [7, 11) is 1.97. The number of carbonyl (C=O) groups excluding carboxylic acids is 4. The van der Waals surface area contributed by atoms with E-state index in [0.717, 1.165) is 28.5 Å². The summed E-state index contributed by atoms with van der Waals surface area (Å²) in [6.45, 7) is 0.671. The van der Waals surface area contributed by atoms with E-state index in [1.54, 1.807) is 0 Å². The van der Waals surface area contributed by atoms with Gasteiger partial charge in [-0.15, -0.1) is 0 Å². The summed E-state index contributed by atoms with van der Waals surface area (Å²) in [5, 5.41) is 18.2. The fourth-order valence-corrected chi connectivity index (χ4v) is 7.95. The van der Waals surface area contributed by atoms with E-state index in [0.29, 0.717) is 30.5 Å². The molecule has 0 saturated carbocycles. The van der Waals surface area contributed by atoms with Gasteiger partial charge < -0.3 is 26.3 Å². The first-order chi connectivity index (χ1) is 25.5. The number of primary amides is 1. The highest BCUT2D eigenvalue weighted by Crippen LogP contribution is 2.40. The van der Waals surface area contributed by atoms with Gasteiger partial charge in [0.25, 0.3) is 5.69 Å². The van der Waals surface area contributed by atoms with Crippen LogP contribution in [-0.4, -0.2) is 87.6 Å². The van der Waals surface area contributed by atoms with Gasteiger partial charge in [-0.05, 0) is 72.3 Å². The Balaban J connectivity index is 1.18. The molecule has 0 spiro atoms. The van der Waals surface area contributed by atoms with E-state index < -0.39 is 58.4 Å². The molecule has 5 N–H and O–H groups in total. The molecule has 3 aromatic carbocycles. The molecule has 2 aliphatic heterocycles. The zero-order valence-corrected chi connectivity index (χ0v) is 29.1. The molecule has 1 aliphatic carbocycles. The molecule has 1 fully saturated rings. The van der Waals surface area contributed by atoms with Crippen molar-refractivity contribution < 1.29 is 28.5 Å². The smallest absolute Gasteiger partial charge is 0.269 e. The maximum absolute atomic E-state index is 14.3. The Morgan fingerprint density at radius 3 is 2.40 bits per heavy atom. The molecule has 1 saturated heterocycles. The van der Waals surface area contributed by atoms with E-state index >= 15 is 0 Å². The zero-order valence-electron chi connectivity index (χ0n) is 29.1. The number of fused-ring (bicyclic) bond motifs is 2. The van der Waals surface area contributed by atoms with E-state index in [1.807, 2.05) is 31.5 Å². The van der Waals surface area contributed by atoms with Crippen LogP contribution in [0.4, 0.5) is 10.1 Å². The number of H-pyrrole nitrogens is 1. The standard InChI is InChI=1S/C39H40FN7O6/c1-45-21-25(18-29-28-4-2-5-30-35(28)24(20-42-30)19-34(29)45)37(49)43-31(16-23-9-13-27(14-10-23)47(52)53)38(50)44-32(17-22-7-11-26(40)12-8-22)39(51)46-15-3-6-33(46)36(41)48/h2,4-5,7-14,18,20,25,31-34,42H,3,6,15-17,19,21H2,1H3,(H2,41,48)(H,43,49)(H,44,50)/t25-,31+,32+,33+,34-/m1/s1. The summed E-state index contributed by atoms with van der Waals surface area (Å²) in [5.74, 6) is -3.32. The van der Waals surface area contributed by atoms with Gasteiger partial charge in [0, 0.05) is 61.2 Å². The first-order valence-electron chi connectivity index (χ1n) is 17.7. The van der Waals surface area contributed by atoms with E-state index in [9.17, 15) is 33.7 Å². The van der Waals surface area contributed by atoms with Gasteiger partial charge in [-0.25, -0.2) is 4.39 Å². The largest absolute Gasteiger partial charge is 0.368 e. The van der Waals surface area contributed by atoms with Crippen molar-refractivity contribution in [2.24, 2.45) is 11.7 Å². The lowest BCUT2D eigenvalue weighted by molar-refractivity contribution is -0.384. The lowest BCUT2D eigenvalue weighted by Gasteiger charge is -2.39. The van der Waals surface area contributed by atoms with Crippen LogP contribution < -0.4 is 16.4 Å². The minimum atomic E-state index is -1.19. The number of nitro groups is 1. The number of likely N-dealkylation sites (N-methyl/N-ethyl adjacent to an activating group) is 1. The number of nitrogens with one attached hydrogen (secondary N) is 3. The maximum atomic E-state index is 14.3. The third-order valence-electron chi connectivity index (χ3n) is 10.7. The Kier molecular flexibility index (Phi) is 9.80. The van der Waals surface area contributed by atoms with Crippen LogP contribution in [0.15, 0.2) is 79.0 Å². The zero-order chi connectivity index (χ0) is 37.4. The van der Waals surface area contributed by atoms with Crippen LogP contribution in [0.25, 0.3) is 16.5 Å². The Bertz CT molecular complexity index is 2110. The van der Waals surface area contributed by atoms with E-state index in [4.69, 9.17) is 5.73 Å². The predicted octanol–water partition coefficient (Wildman–Crippen LogP) is 3.02. The molecule has 5 atom stereocenters. The summed E-state index contributed by atoms with van der Waals surface area (Å²) in [5.41, 5.74) is 10.9. The van der Waals surface area contributed by atoms with Crippen molar-refractivity contribution in [2.75, 3.05) is 20.1 Å². The molecule has 14 heteroatoms. The highest BCUT2D eigenvalue weighted by Gasteiger charge is 2.39. The summed E-state index contributed by atoms with van der Waals surface area (Å²) in [4.78, 5) is 72.3. The van der Waals surface area contributed by atoms with Gasteiger partial charge in [0.05, 0.1) is 10.8 Å². The number of aromatic amines is 1. The van der Waals surface area contributed by atoms with Gasteiger partial charge in [-0.1, -0.05) is 42.5 Å². The average molecular weight is 722 g/mol. The van der Waals surface area contributed by atoms with Gasteiger partial charge >= 0.3 is 0 Å². The Morgan fingerprint density at radius 1 is 1.00 bits per heavy atom. The van der Waals surface area contributed by atoms with Crippen molar-refractivity contribution in [1.29, 1.82) is 0 Å². The molecule has 274 valence electrons. The number of non-ortho nitro benzene ring substituents is 1. The molecule has 4 amide bonds. The molecule has 7 rings (SSSR count). The third kappa shape index (κ3) is 7.27. The maximum Gasteiger partial charge on any atom is 0.269 e. The molecular weight excluding hydrogens is 681 g/mol. The number of rotatable bonds is 11. The SMILES string of the molecule is CN1C[C@H](C(=O)N[C@@H](Cc2ccc([N+](=O)[O-])cc2)C(=O)N[C@@H](Cc2ccc(F)cc2)C(=O)N2CCC[C@H]2C(N)=O)C=C2c3cccc4[nH]cc(c34)C[C@H]21. The normalized spacial score (nSPS) is 20.6. The van der Waals surface area contributed by atoms with Crippen LogP contribution in [0.5, 0.6) is 0 Å². The van der Waals surface area contributed by atoms with Crippen LogP contribution in [-0.2, 0) is 38.4 Å². The summed E-state index contributed by atoms with van der Waals surface area (Å²) < 4.78 is 13.8. The number of amides is 4. The van der Waals surface area contributed by atoms with Crippen molar-refractivity contribution in [1.82, 2.24) is 25.4 Å². The van der Waals surface area contributed by atoms with Gasteiger partial charge in [0.15, 0.2) is 0 Å². The fourth-order valence-electron chi connectivity index (χ4n) is 7.95. The molecule has 13 nitrogen and oxygen atoms in total. The number of nitrogens with zero attached hydrogens (tertiary/aromatic N) is 3. The number of halogens is 1. The van der Waals surface area contributed by atoms with Crippen LogP contribution in [0.2, 0.25) is 0 Å². The molecule has 0 radical (unpaired) electrons. The van der Waals surface area contributed by atoms with Gasteiger partial charge in [-0.2, -0.15) is 0 Å². The minimum Gasteiger partial charge on any atom is -0.368 e. The predicted molar refractivity (Wildman–Crippen MR) is 195 cm³/mol. The first-order valence-corrected chi connectivity index (χ1v) is 17.7. The summed E-state index contributed by atoms with van der Waals surface area (Å²) in [6.07, 6.45) is 5.70. The lowest BCUT2D eigenvalue weighted by atomic mass is 9.79. The number of carbonyl (C=O) groups is 4. The summed E-state index contributed by atoms with van der Waals surface area (Å²) >= 11 is 0. The molecule has 3 heterocycles. The second-order valence-corrected chi connectivity index (χ2v) is 14.1. The highest BCUT2D eigenvalue weighted by molar-refractivity contribution is 6.00. The molecule has 0 bridgehead atoms. The van der Waals surface area contributed by atoms with Crippen LogP contribution >= 0.6 is 0 Å². The van der Waals surface area contributed by atoms with Crippen molar-refractivity contribution >= 4 is 45.8 Å². The van der Waals surface area contributed by atoms with Crippen LogP contribution in [0.3, 0.4) is 0 Å². The summed E-state index contributed by atoms with van der Waals surface area (Å²) in [6, 6.07) is 14.1. The van der Waals surface area contributed by atoms with Crippen LogP contribution in [0, 0.1) is 21.8 Å². The molecule has 53 heavy (non-hydrogen) atoms. The number of hydrogen-bond donors (Lipinski definition) is 4. The van der Waals surface area contributed by atoms with E-state index in [-0.39, 0.29) is 31.1 Å². The molecule has 4 aromatic rings. The third-order valence-corrected chi connectivity index (χ3v) is 10.7. The number of aromatic nitrogens is 1.